The van der Waals surface area contributed by atoms with E-state index < -0.39 is 21.3 Å². The number of fused-ring (bicyclic) bond motifs is 3. The van der Waals surface area contributed by atoms with Crippen molar-refractivity contribution in [3.05, 3.63) is 109 Å². The number of rotatable bonds is 3. The third-order valence-electron chi connectivity index (χ3n) is 6.77. The molecule has 0 spiro atoms. The van der Waals surface area contributed by atoms with Crippen molar-refractivity contribution in [2.24, 2.45) is 5.92 Å². The van der Waals surface area contributed by atoms with Gasteiger partial charge in [0, 0.05) is 0 Å². The molecule has 3 aromatic carbocycles. The molecule has 0 amide bonds. The van der Waals surface area contributed by atoms with Crippen molar-refractivity contribution in [1.82, 2.24) is 0 Å². The molecule has 1 atom stereocenters. The summed E-state index contributed by atoms with van der Waals surface area (Å²) in [5.74, 6) is 0.556. The summed E-state index contributed by atoms with van der Waals surface area (Å²) in [5.41, 5.74) is 11.7. The van der Waals surface area contributed by atoms with E-state index in [2.05, 4.69) is 104 Å². The largest absolute Gasteiger partial charge is 1.00 e. The standard InChI is InChI=1S/C13H9.C8H11.C8H8.2ClH.Zr/c1-3-7-12-10(5-1)9-11-6-2-4-8-13(11)12;1-6-4-7(2)8(3)5-6;1-7-3-5-8(2)6-4-7;;;/h1-5,7-8H,9H2;4,6H,1-3H3;1,3-6H,2H3;2*1H;/q;;;;;+2/p-2. The second-order valence-electron chi connectivity index (χ2n) is 8.81. The fraction of sp³-hybridized carbons (Fsp3) is 0.207. The molecule has 0 nitrogen and oxygen atoms in total. The Morgan fingerprint density at radius 1 is 0.812 bits per heavy atom. The maximum absolute atomic E-state index is 2.68. The van der Waals surface area contributed by atoms with Crippen LogP contribution in [0.15, 0.2) is 87.2 Å². The minimum absolute atomic E-state index is 0. The molecule has 162 valence electrons. The van der Waals surface area contributed by atoms with Crippen LogP contribution >= 0.6 is 0 Å². The third-order valence-corrected chi connectivity index (χ3v) is 14.3. The summed E-state index contributed by atoms with van der Waals surface area (Å²) < 4.78 is 6.10. The van der Waals surface area contributed by atoms with Gasteiger partial charge in [0.25, 0.3) is 0 Å². The van der Waals surface area contributed by atoms with E-state index in [9.17, 15) is 0 Å². The van der Waals surface area contributed by atoms with E-state index in [1.54, 1.807) is 17.7 Å². The van der Waals surface area contributed by atoms with Gasteiger partial charge in [-0.15, -0.1) is 0 Å². The quantitative estimate of drug-likeness (QED) is 0.357. The molecular weight excluding hydrogens is 510 g/mol. The summed E-state index contributed by atoms with van der Waals surface area (Å²) in [5, 5.41) is 0. The molecule has 32 heavy (non-hydrogen) atoms. The third kappa shape index (κ3) is 4.45. The second kappa shape index (κ2) is 10.2. The Morgan fingerprint density at radius 2 is 1.50 bits per heavy atom. The summed E-state index contributed by atoms with van der Waals surface area (Å²) >= 11 is -2.27. The number of hydrogen-bond donors (Lipinski definition) is 0. The zero-order chi connectivity index (χ0) is 20.8. The molecule has 0 aromatic heterocycles. The molecule has 0 saturated carbocycles. The van der Waals surface area contributed by atoms with E-state index in [1.165, 1.54) is 33.4 Å². The maximum atomic E-state index is 2.68. The molecule has 0 heterocycles. The van der Waals surface area contributed by atoms with Gasteiger partial charge in [0.05, 0.1) is 0 Å². The summed E-state index contributed by atoms with van der Waals surface area (Å²) in [7, 11) is 0. The van der Waals surface area contributed by atoms with Gasteiger partial charge < -0.3 is 24.8 Å². The van der Waals surface area contributed by atoms with E-state index >= 15 is 0 Å². The van der Waals surface area contributed by atoms with Crippen LogP contribution in [0.1, 0.15) is 43.0 Å². The molecule has 1 unspecified atom stereocenters. The topological polar surface area (TPSA) is 0 Å². The molecule has 3 heteroatoms. The first-order valence-corrected chi connectivity index (χ1v) is 14.8. The van der Waals surface area contributed by atoms with E-state index in [-0.39, 0.29) is 24.8 Å². The van der Waals surface area contributed by atoms with Crippen LogP contribution in [-0.4, -0.2) is 3.71 Å². The Hall–Kier alpha value is -1.53. The minimum Gasteiger partial charge on any atom is -1.00 e. The predicted octanol–water partition coefficient (Wildman–Crippen LogP) is 0.538. The number of halogens is 2. The zero-order valence-electron chi connectivity index (χ0n) is 19.0. The molecule has 0 aliphatic heterocycles. The van der Waals surface area contributed by atoms with Gasteiger partial charge in [0.2, 0.25) is 0 Å². The van der Waals surface area contributed by atoms with Crippen LogP contribution in [0.5, 0.6) is 0 Å². The van der Waals surface area contributed by atoms with E-state index in [0.717, 1.165) is 6.42 Å². The SMILES string of the molecule is CC1=CC(C)[C](/[Zr+2](=[CH]/c2ccc(C)cc2)[c]2cccc3c2Cc2ccccc2-3)=C1C.[Cl-].[Cl-]. The Labute approximate surface area is 212 Å². The Balaban J connectivity index is 0.00000144. The number of benzene rings is 3. The minimum atomic E-state index is -2.27. The molecule has 0 saturated heterocycles. The fourth-order valence-electron chi connectivity index (χ4n) is 5.12. The van der Waals surface area contributed by atoms with Crippen molar-refractivity contribution in [2.45, 2.75) is 34.1 Å². The van der Waals surface area contributed by atoms with Crippen LogP contribution in [-0.2, 0) is 27.7 Å². The van der Waals surface area contributed by atoms with Gasteiger partial charge in [-0.05, 0) is 0 Å². The molecule has 2 aliphatic rings. The van der Waals surface area contributed by atoms with Crippen molar-refractivity contribution in [3.8, 4) is 11.1 Å². The summed E-state index contributed by atoms with van der Waals surface area (Å²) in [4.78, 5) is 0. The van der Waals surface area contributed by atoms with E-state index in [4.69, 9.17) is 0 Å². The molecule has 2 aliphatic carbocycles. The van der Waals surface area contributed by atoms with Crippen LogP contribution in [0.3, 0.4) is 0 Å². The molecular formula is C29H28Cl2Zr. The number of allylic oxidation sites excluding steroid dienone is 4. The van der Waals surface area contributed by atoms with Crippen LogP contribution in [0.4, 0.5) is 0 Å². The normalized spacial score (nSPS) is 16.1. The average Bonchev–Trinajstić information content (AvgIpc) is 3.24. The fourth-order valence-corrected chi connectivity index (χ4v) is 12.8. The van der Waals surface area contributed by atoms with Gasteiger partial charge >= 0.3 is 189 Å². The van der Waals surface area contributed by atoms with Crippen molar-refractivity contribution in [1.29, 1.82) is 0 Å². The van der Waals surface area contributed by atoms with Crippen molar-refractivity contribution >= 4 is 6.98 Å². The maximum Gasteiger partial charge on any atom is -1.00 e. The van der Waals surface area contributed by atoms with Gasteiger partial charge in [-0.2, -0.15) is 0 Å². The van der Waals surface area contributed by atoms with Crippen molar-refractivity contribution in [3.63, 3.8) is 0 Å². The van der Waals surface area contributed by atoms with Crippen LogP contribution in [0, 0.1) is 12.8 Å². The van der Waals surface area contributed by atoms with Gasteiger partial charge in [-0.1, -0.05) is 0 Å². The summed E-state index contributed by atoms with van der Waals surface area (Å²) in [6, 6.07) is 25.2. The van der Waals surface area contributed by atoms with Gasteiger partial charge in [-0.3, -0.25) is 0 Å². The van der Waals surface area contributed by atoms with Crippen LogP contribution < -0.4 is 28.1 Å². The first kappa shape index (κ1) is 25.1. The first-order valence-electron chi connectivity index (χ1n) is 10.9. The Bertz CT molecular complexity index is 1250. The summed E-state index contributed by atoms with van der Waals surface area (Å²) in [6.45, 7) is 9.21. The number of aryl methyl sites for hydroxylation is 1. The summed E-state index contributed by atoms with van der Waals surface area (Å²) in [6.07, 6.45) is 3.56. The van der Waals surface area contributed by atoms with Crippen molar-refractivity contribution in [2.75, 3.05) is 0 Å². The van der Waals surface area contributed by atoms with Crippen molar-refractivity contribution < 1.29 is 46.1 Å². The van der Waals surface area contributed by atoms with Crippen LogP contribution in [0.2, 0.25) is 0 Å². The smallest absolute Gasteiger partial charge is 1.00 e. The predicted molar refractivity (Wildman–Crippen MR) is 126 cm³/mol. The average molecular weight is 539 g/mol. The van der Waals surface area contributed by atoms with E-state index in [0.29, 0.717) is 5.92 Å². The monoisotopic (exact) mass is 536 g/mol. The molecule has 0 fully saturated rings. The van der Waals surface area contributed by atoms with Gasteiger partial charge in [0.1, 0.15) is 0 Å². The zero-order valence-corrected chi connectivity index (χ0v) is 23.0. The van der Waals surface area contributed by atoms with Crippen LogP contribution in [0.25, 0.3) is 11.1 Å². The molecule has 0 radical (unpaired) electrons. The molecule has 5 rings (SSSR count). The van der Waals surface area contributed by atoms with Gasteiger partial charge in [-0.25, -0.2) is 0 Å². The molecule has 3 aromatic rings. The molecule has 0 N–H and O–H groups in total. The first-order chi connectivity index (χ1) is 14.5. The van der Waals surface area contributed by atoms with E-state index in [1.807, 2.05) is 0 Å². The molecule has 0 bridgehead atoms. The second-order valence-corrected chi connectivity index (χ2v) is 14.2. The Morgan fingerprint density at radius 3 is 2.19 bits per heavy atom. The Kier molecular flexibility index (Phi) is 7.98. The number of hydrogen-bond acceptors (Lipinski definition) is 0. The van der Waals surface area contributed by atoms with Gasteiger partial charge in [0.15, 0.2) is 0 Å².